The van der Waals surface area contributed by atoms with E-state index in [2.05, 4.69) is 15.3 Å². The molecule has 0 bridgehead atoms. The summed E-state index contributed by atoms with van der Waals surface area (Å²) in [5.41, 5.74) is 2.73. The first-order valence-corrected chi connectivity index (χ1v) is 8.26. The molecular weight excluding hydrogens is 316 g/mol. The normalized spacial score (nSPS) is 17.2. The molecule has 1 aromatic heterocycles. The second-order valence-electron chi connectivity index (χ2n) is 6.25. The van der Waals surface area contributed by atoms with E-state index in [0.717, 1.165) is 16.6 Å². The highest BCUT2D eigenvalue weighted by Crippen LogP contribution is 2.22. The lowest BCUT2D eigenvalue weighted by Gasteiger charge is -2.16. The van der Waals surface area contributed by atoms with Gasteiger partial charge in [-0.3, -0.25) is 14.9 Å². The lowest BCUT2D eigenvalue weighted by molar-refractivity contribution is -0.128. The Bertz CT molecular complexity index is 886. The van der Waals surface area contributed by atoms with Crippen molar-refractivity contribution in [3.05, 3.63) is 60.2 Å². The van der Waals surface area contributed by atoms with E-state index < -0.39 is 0 Å². The van der Waals surface area contributed by atoms with Crippen LogP contribution in [0.4, 0.5) is 5.95 Å². The van der Waals surface area contributed by atoms with Gasteiger partial charge in [0, 0.05) is 19.5 Å². The van der Waals surface area contributed by atoms with Crippen LogP contribution in [0.3, 0.4) is 0 Å². The summed E-state index contributed by atoms with van der Waals surface area (Å²) in [5.74, 6) is -0.110. The van der Waals surface area contributed by atoms with E-state index in [1.165, 1.54) is 0 Å². The van der Waals surface area contributed by atoms with Gasteiger partial charge < -0.3 is 9.88 Å². The van der Waals surface area contributed by atoms with Gasteiger partial charge in [0.25, 0.3) is 0 Å². The third-order valence-corrected chi connectivity index (χ3v) is 4.43. The average molecular weight is 334 g/mol. The summed E-state index contributed by atoms with van der Waals surface area (Å²) in [6, 6.07) is 17.4. The molecule has 6 heteroatoms. The number of amides is 2. The molecule has 1 aliphatic heterocycles. The molecule has 0 saturated carbocycles. The van der Waals surface area contributed by atoms with E-state index in [4.69, 9.17) is 0 Å². The van der Waals surface area contributed by atoms with E-state index in [0.29, 0.717) is 19.0 Å². The first kappa shape index (κ1) is 15.4. The number of anilines is 1. The number of carbonyl (C=O) groups excluding carboxylic acids is 2. The van der Waals surface area contributed by atoms with Crippen molar-refractivity contribution in [2.24, 2.45) is 5.92 Å². The smallest absolute Gasteiger partial charge is 0.232 e. The number of hydrogen-bond donors (Lipinski definition) is 2. The van der Waals surface area contributed by atoms with Gasteiger partial charge >= 0.3 is 0 Å². The second kappa shape index (κ2) is 6.39. The van der Waals surface area contributed by atoms with Crippen molar-refractivity contribution in [1.82, 2.24) is 14.9 Å². The number of benzene rings is 2. The van der Waals surface area contributed by atoms with Gasteiger partial charge in [0.1, 0.15) is 0 Å². The van der Waals surface area contributed by atoms with Crippen LogP contribution in [0.2, 0.25) is 0 Å². The molecule has 1 aliphatic rings. The largest absolute Gasteiger partial charge is 0.338 e. The van der Waals surface area contributed by atoms with Gasteiger partial charge in [0.2, 0.25) is 17.8 Å². The van der Waals surface area contributed by atoms with Crippen LogP contribution in [-0.4, -0.2) is 33.2 Å². The summed E-state index contributed by atoms with van der Waals surface area (Å²) in [7, 11) is 0. The lowest BCUT2D eigenvalue weighted by Crippen LogP contribution is -2.28. The maximum Gasteiger partial charge on any atom is 0.232 e. The van der Waals surface area contributed by atoms with Crippen LogP contribution < -0.4 is 5.32 Å². The molecule has 0 radical (unpaired) electrons. The molecule has 1 fully saturated rings. The summed E-state index contributed by atoms with van der Waals surface area (Å²) in [6.45, 7) is 0.966. The molecule has 1 atom stereocenters. The first-order chi connectivity index (χ1) is 12.2. The van der Waals surface area contributed by atoms with Gasteiger partial charge in [-0.05, 0) is 17.7 Å². The standard InChI is InChI=1S/C19H18N4O2/c24-17-10-14(12-23(17)11-13-6-2-1-3-7-13)18(25)22-19-20-15-8-4-5-9-16(15)21-19/h1-9,14H,10-12H2,(H2,20,21,22,25)/t14-/m0/s1. The first-order valence-electron chi connectivity index (χ1n) is 8.26. The molecule has 126 valence electrons. The van der Waals surface area contributed by atoms with Gasteiger partial charge in [-0.15, -0.1) is 0 Å². The highest BCUT2D eigenvalue weighted by molar-refractivity contribution is 5.97. The molecule has 0 aliphatic carbocycles. The van der Waals surface area contributed by atoms with Crippen LogP contribution in [0.25, 0.3) is 11.0 Å². The minimum absolute atomic E-state index is 0.00797. The average Bonchev–Trinajstić information content (AvgIpc) is 3.19. The van der Waals surface area contributed by atoms with Crippen molar-refractivity contribution in [2.75, 3.05) is 11.9 Å². The van der Waals surface area contributed by atoms with Crippen LogP contribution in [-0.2, 0) is 16.1 Å². The number of hydrogen-bond acceptors (Lipinski definition) is 3. The Hall–Kier alpha value is -3.15. The number of likely N-dealkylation sites (tertiary alicyclic amines) is 1. The fourth-order valence-corrected chi connectivity index (χ4v) is 3.14. The Kier molecular flexibility index (Phi) is 3.93. The minimum atomic E-state index is -0.357. The third-order valence-electron chi connectivity index (χ3n) is 4.43. The molecule has 25 heavy (non-hydrogen) atoms. The van der Waals surface area contributed by atoms with Gasteiger partial charge in [0.05, 0.1) is 17.0 Å². The molecule has 0 unspecified atom stereocenters. The number of para-hydroxylation sites is 2. The molecular formula is C19H18N4O2. The summed E-state index contributed by atoms with van der Waals surface area (Å²) in [6.07, 6.45) is 0.235. The maximum absolute atomic E-state index is 12.5. The van der Waals surface area contributed by atoms with Gasteiger partial charge in [-0.1, -0.05) is 42.5 Å². The fourth-order valence-electron chi connectivity index (χ4n) is 3.14. The molecule has 2 heterocycles. The Balaban J connectivity index is 1.41. The van der Waals surface area contributed by atoms with Crippen molar-refractivity contribution in [3.8, 4) is 0 Å². The van der Waals surface area contributed by atoms with Crippen LogP contribution in [0.15, 0.2) is 54.6 Å². The van der Waals surface area contributed by atoms with Crippen molar-refractivity contribution in [1.29, 1.82) is 0 Å². The Labute approximate surface area is 144 Å². The molecule has 3 aromatic rings. The van der Waals surface area contributed by atoms with Gasteiger partial charge in [-0.25, -0.2) is 4.98 Å². The Morgan fingerprint density at radius 1 is 1.16 bits per heavy atom. The quantitative estimate of drug-likeness (QED) is 0.770. The number of rotatable bonds is 4. The zero-order valence-corrected chi connectivity index (χ0v) is 13.6. The minimum Gasteiger partial charge on any atom is -0.338 e. The van der Waals surface area contributed by atoms with Gasteiger partial charge in [0.15, 0.2) is 0 Å². The highest BCUT2D eigenvalue weighted by atomic mass is 16.2. The van der Waals surface area contributed by atoms with Crippen LogP contribution in [0.5, 0.6) is 0 Å². The summed E-state index contributed by atoms with van der Waals surface area (Å²) < 4.78 is 0. The fraction of sp³-hybridized carbons (Fsp3) is 0.211. The number of nitrogens with one attached hydrogen (secondary N) is 2. The predicted octanol–water partition coefficient (Wildman–Crippen LogP) is 2.55. The summed E-state index contributed by atoms with van der Waals surface area (Å²) >= 11 is 0. The Morgan fingerprint density at radius 3 is 2.72 bits per heavy atom. The molecule has 0 spiro atoms. The van der Waals surface area contributed by atoms with E-state index in [-0.39, 0.29) is 24.2 Å². The molecule has 6 nitrogen and oxygen atoms in total. The number of carbonyl (C=O) groups is 2. The van der Waals surface area contributed by atoms with Crippen LogP contribution in [0.1, 0.15) is 12.0 Å². The SMILES string of the molecule is O=C(Nc1nc2ccccc2[nH]1)[C@H]1CC(=O)N(Cc2ccccc2)C1. The Morgan fingerprint density at radius 2 is 1.92 bits per heavy atom. The number of imidazole rings is 1. The topological polar surface area (TPSA) is 78.1 Å². The van der Waals surface area contributed by atoms with Crippen molar-refractivity contribution in [2.45, 2.75) is 13.0 Å². The number of aromatic amines is 1. The highest BCUT2D eigenvalue weighted by Gasteiger charge is 2.34. The molecule has 1 saturated heterocycles. The monoisotopic (exact) mass is 334 g/mol. The van der Waals surface area contributed by atoms with Crippen molar-refractivity contribution < 1.29 is 9.59 Å². The third kappa shape index (κ3) is 3.24. The predicted molar refractivity (Wildman–Crippen MR) is 94.7 cm³/mol. The number of H-pyrrole nitrogens is 1. The molecule has 4 rings (SSSR count). The van der Waals surface area contributed by atoms with Crippen molar-refractivity contribution in [3.63, 3.8) is 0 Å². The number of aromatic nitrogens is 2. The number of fused-ring (bicyclic) bond motifs is 1. The van der Waals surface area contributed by atoms with E-state index in [9.17, 15) is 9.59 Å². The van der Waals surface area contributed by atoms with Crippen LogP contribution in [0, 0.1) is 5.92 Å². The lowest BCUT2D eigenvalue weighted by atomic mass is 10.1. The van der Waals surface area contributed by atoms with Crippen LogP contribution >= 0.6 is 0 Å². The maximum atomic E-state index is 12.5. The van der Waals surface area contributed by atoms with E-state index >= 15 is 0 Å². The second-order valence-corrected chi connectivity index (χ2v) is 6.25. The van der Waals surface area contributed by atoms with E-state index in [1.807, 2.05) is 54.6 Å². The van der Waals surface area contributed by atoms with E-state index in [1.54, 1.807) is 4.90 Å². The molecule has 2 N–H and O–H groups in total. The van der Waals surface area contributed by atoms with Gasteiger partial charge in [-0.2, -0.15) is 0 Å². The zero-order valence-electron chi connectivity index (χ0n) is 13.6. The van der Waals surface area contributed by atoms with Crippen molar-refractivity contribution >= 4 is 28.8 Å². The zero-order chi connectivity index (χ0) is 17.2. The summed E-state index contributed by atoms with van der Waals surface area (Å²) in [4.78, 5) is 33.8. The number of nitrogens with zero attached hydrogens (tertiary/aromatic N) is 2. The molecule has 2 aromatic carbocycles. The molecule has 2 amide bonds. The summed E-state index contributed by atoms with van der Waals surface area (Å²) in [5, 5.41) is 2.79.